The lowest BCUT2D eigenvalue weighted by atomic mass is 9.94. The fraction of sp³-hybridized carbons (Fsp3) is 1.00. The van der Waals surface area contributed by atoms with Gasteiger partial charge in [0.1, 0.15) is 0 Å². The van der Waals surface area contributed by atoms with Gasteiger partial charge in [0.2, 0.25) is 0 Å². The molecule has 0 bridgehead atoms. The highest BCUT2D eigenvalue weighted by molar-refractivity contribution is 4.78. The summed E-state index contributed by atoms with van der Waals surface area (Å²) in [6.45, 7) is 15.8. The number of rotatable bonds is 2. The maximum absolute atomic E-state index is 7.94. The van der Waals surface area contributed by atoms with Crippen LogP contribution in [0.3, 0.4) is 0 Å². The van der Waals surface area contributed by atoms with E-state index in [1.165, 1.54) is 38.5 Å². The van der Waals surface area contributed by atoms with Crippen LogP contribution in [0.2, 0.25) is 0 Å². The normalized spacial score (nSPS) is 22.1. The minimum atomic E-state index is -0.127. The average Bonchev–Trinajstić information content (AvgIpc) is 3.50. The average molecular weight is 451 g/mol. The van der Waals surface area contributed by atoms with Gasteiger partial charge < -0.3 is 28.8 Å². The molecule has 0 radical (unpaired) electrons. The van der Waals surface area contributed by atoms with Crippen LogP contribution in [-0.2, 0) is 23.7 Å². The molecule has 2 spiro atoms. The molecule has 2 saturated carbocycles. The first kappa shape index (κ1) is 32.9. The van der Waals surface area contributed by atoms with Gasteiger partial charge in [-0.3, -0.25) is 0 Å². The van der Waals surface area contributed by atoms with Gasteiger partial charge in [-0.15, -0.1) is 0 Å². The van der Waals surface area contributed by atoms with E-state index in [0.717, 1.165) is 52.1 Å². The van der Waals surface area contributed by atoms with Crippen LogP contribution < -0.4 is 0 Å². The molecule has 6 nitrogen and oxygen atoms in total. The van der Waals surface area contributed by atoms with Crippen molar-refractivity contribution in [1.29, 1.82) is 0 Å². The second kappa shape index (κ2) is 22.9. The summed E-state index contributed by atoms with van der Waals surface area (Å²) in [5.74, 6) is -0.253. The zero-order chi connectivity index (χ0) is 23.8. The minimum absolute atomic E-state index is 0.122. The fourth-order valence-corrected chi connectivity index (χ4v) is 3.84. The van der Waals surface area contributed by atoms with E-state index in [1.807, 2.05) is 41.5 Å². The van der Waals surface area contributed by atoms with E-state index in [-0.39, 0.29) is 18.2 Å². The van der Waals surface area contributed by atoms with Crippen LogP contribution in [0.25, 0.3) is 0 Å². The van der Waals surface area contributed by atoms with Crippen LogP contribution in [0.4, 0.5) is 0 Å². The van der Waals surface area contributed by atoms with Crippen LogP contribution in [0, 0.1) is 0 Å². The monoisotopic (exact) mass is 450 g/mol. The summed E-state index contributed by atoms with van der Waals surface area (Å²) < 4.78 is 26.7. The van der Waals surface area contributed by atoms with Crippen molar-refractivity contribution in [2.24, 2.45) is 0 Å². The Labute approximate surface area is 193 Å². The number of hydrogen-bond donors (Lipinski definition) is 1. The number of aliphatic hydroxyl groups excluding tert-OH is 1. The van der Waals surface area contributed by atoms with Gasteiger partial charge in [0, 0.05) is 32.8 Å². The van der Waals surface area contributed by atoms with E-state index in [9.17, 15) is 0 Å². The molecule has 0 atom stereocenters. The van der Waals surface area contributed by atoms with Gasteiger partial charge in [0.15, 0.2) is 11.6 Å². The molecular weight excluding hydrogens is 396 g/mol. The highest BCUT2D eigenvalue weighted by Gasteiger charge is 2.38. The molecule has 1 N–H and O–H groups in total. The molecule has 2 aliphatic carbocycles. The van der Waals surface area contributed by atoms with Crippen LogP contribution in [-0.4, -0.2) is 63.4 Å². The number of hydrogen-bond acceptors (Lipinski definition) is 6. The molecule has 2 heterocycles. The largest absolute Gasteiger partial charge is 0.394 e. The summed E-state index contributed by atoms with van der Waals surface area (Å²) >= 11 is 0. The lowest BCUT2D eigenvalue weighted by Crippen LogP contribution is -2.32. The van der Waals surface area contributed by atoms with E-state index in [4.69, 9.17) is 24.1 Å². The highest BCUT2D eigenvalue weighted by atomic mass is 16.7. The standard InChI is InChI=1S/2C8H14O2.C3H8O2.3C2H6/c2*1-2-4-8(5-3-1)9-6-7-10-8;1-5-3-2-4;3*1-2/h2*1-7H2;4H,2-3H2,1H3;3*1-2H3. The Kier molecular flexibility index (Phi) is 24.4. The summed E-state index contributed by atoms with van der Waals surface area (Å²) in [6, 6.07) is 0. The van der Waals surface area contributed by atoms with Gasteiger partial charge in [-0.1, -0.05) is 54.4 Å². The maximum Gasteiger partial charge on any atom is 0.168 e. The lowest BCUT2D eigenvalue weighted by Gasteiger charge is -2.30. The first-order valence-electron chi connectivity index (χ1n) is 12.9. The second-order valence-corrected chi connectivity index (χ2v) is 7.05. The van der Waals surface area contributed by atoms with E-state index in [1.54, 1.807) is 7.11 Å². The first-order chi connectivity index (χ1) is 15.2. The summed E-state index contributed by atoms with van der Waals surface area (Å²) in [5, 5.41) is 7.94. The van der Waals surface area contributed by atoms with Crippen LogP contribution in [0.15, 0.2) is 0 Å². The van der Waals surface area contributed by atoms with Crippen molar-refractivity contribution < 1.29 is 28.8 Å². The predicted molar refractivity (Wildman–Crippen MR) is 128 cm³/mol. The Morgan fingerprint density at radius 3 is 1.06 bits per heavy atom. The molecule has 0 amide bonds. The van der Waals surface area contributed by atoms with Crippen LogP contribution >= 0.6 is 0 Å². The van der Waals surface area contributed by atoms with Gasteiger partial charge in [-0.2, -0.15) is 0 Å². The zero-order valence-corrected chi connectivity index (χ0v) is 21.8. The highest BCUT2D eigenvalue weighted by Crippen LogP contribution is 2.36. The molecule has 31 heavy (non-hydrogen) atoms. The number of methoxy groups -OCH3 is 1. The molecule has 2 saturated heterocycles. The van der Waals surface area contributed by atoms with E-state index >= 15 is 0 Å². The molecule has 0 unspecified atom stereocenters. The molecule has 190 valence electrons. The molecule has 2 aliphatic heterocycles. The Morgan fingerprint density at radius 1 is 0.581 bits per heavy atom. The Balaban J connectivity index is 0. The third-order valence-corrected chi connectivity index (χ3v) is 5.15. The third-order valence-electron chi connectivity index (χ3n) is 5.15. The molecule has 4 fully saturated rings. The van der Waals surface area contributed by atoms with Crippen molar-refractivity contribution in [1.82, 2.24) is 0 Å². The quantitative estimate of drug-likeness (QED) is 0.549. The first-order valence-corrected chi connectivity index (χ1v) is 12.9. The topological polar surface area (TPSA) is 66.4 Å². The van der Waals surface area contributed by atoms with Crippen molar-refractivity contribution in [2.75, 3.05) is 46.8 Å². The third kappa shape index (κ3) is 14.5. The summed E-state index contributed by atoms with van der Waals surface area (Å²) in [5.41, 5.74) is 0. The summed E-state index contributed by atoms with van der Waals surface area (Å²) in [4.78, 5) is 0. The summed E-state index contributed by atoms with van der Waals surface area (Å²) in [6.07, 6.45) is 12.3. The van der Waals surface area contributed by atoms with Crippen LogP contribution in [0.5, 0.6) is 0 Å². The van der Waals surface area contributed by atoms with E-state index < -0.39 is 0 Å². The van der Waals surface area contributed by atoms with Gasteiger partial charge >= 0.3 is 0 Å². The second-order valence-electron chi connectivity index (χ2n) is 7.05. The van der Waals surface area contributed by atoms with Crippen LogP contribution in [0.1, 0.15) is 106 Å². The Hall–Kier alpha value is -0.240. The Morgan fingerprint density at radius 2 is 0.871 bits per heavy atom. The maximum atomic E-state index is 7.94. The fourth-order valence-electron chi connectivity index (χ4n) is 3.84. The minimum Gasteiger partial charge on any atom is -0.394 e. The van der Waals surface area contributed by atoms with Gasteiger partial charge in [0.25, 0.3) is 0 Å². The molecular formula is C25H54O6. The van der Waals surface area contributed by atoms with Crippen molar-refractivity contribution in [3.8, 4) is 0 Å². The van der Waals surface area contributed by atoms with Gasteiger partial charge in [-0.05, 0) is 25.7 Å². The van der Waals surface area contributed by atoms with Crippen molar-refractivity contribution in [2.45, 2.75) is 117 Å². The smallest absolute Gasteiger partial charge is 0.168 e. The molecule has 0 aromatic carbocycles. The van der Waals surface area contributed by atoms with Crippen molar-refractivity contribution in [3.63, 3.8) is 0 Å². The Bertz CT molecular complexity index is 291. The molecule has 6 heteroatoms. The van der Waals surface area contributed by atoms with E-state index in [0.29, 0.717) is 6.61 Å². The number of aliphatic hydroxyl groups is 1. The number of ether oxygens (including phenoxy) is 5. The molecule has 0 aromatic heterocycles. The van der Waals surface area contributed by atoms with Crippen molar-refractivity contribution >= 4 is 0 Å². The SMILES string of the molecule is C1CCC2(CC1)OCCO2.C1CCC2(CC1)OCCO2.CC.CC.CC.COCCO. The van der Waals surface area contributed by atoms with Gasteiger partial charge in [-0.25, -0.2) is 0 Å². The van der Waals surface area contributed by atoms with E-state index in [2.05, 4.69) is 4.74 Å². The molecule has 0 aromatic rings. The summed E-state index contributed by atoms with van der Waals surface area (Å²) in [7, 11) is 1.55. The molecule has 4 aliphatic rings. The lowest BCUT2D eigenvalue weighted by molar-refractivity contribution is -0.176. The predicted octanol–water partition coefficient (Wildman–Crippen LogP) is 6.09. The van der Waals surface area contributed by atoms with Crippen molar-refractivity contribution in [3.05, 3.63) is 0 Å². The zero-order valence-electron chi connectivity index (χ0n) is 21.8. The molecule has 4 rings (SSSR count). The van der Waals surface area contributed by atoms with Gasteiger partial charge in [0.05, 0.1) is 39.6 Å².